The second-order valence-electron chi connectivity index (χ2n) is 5.19. The molecule has 0 amide bonds. The number of guanidine groups is 1. The molecule has 4 nitrogen and oxygen atoms in total. The number of aliphatic hydroxyl groups is 1. The average molecular weight is 460 g/mol. The van der Waals surface area contributed by atoms with Crippen LogP contribution >= 0.6 is 35.6 Å². The van der Waals surface area contributed by atoms with Crippen LogP contribution in [0.4, 0.5) is 0 Å². The van der Waals surface area contributed by atoms with Crippen molar-refractivity contribution in [2.45, 2.75) is 12.5 Å². The van der Waals surface area contributed by atoms with E-state index in [0.29, 0.717) is 19.0 Å². The fourth-order valence-electron chi connectivity index (χ4n) is 2.27. The number of aliphatic imine (C=N–C) groups is 1. The molecule has 2 aromatic carbocycles. The van der Waals surface area contributed by atoms with Crippen LogP contribution in [0.15, 0.2) is 59.6 Å². The third-order valence-electron chi connectivity index (χ3n) is 3.63. The molecule has 1 atom stereocenters. The molecule has 0 aliphatic heterocycles. The van der Waals surface area contributed by atoms with Crippen molar-refractivity contribution in [1.82, 2.24) is 10.6 Å². The topological polar surface area (TPSA) is 56.7 Å². The molecule has 0 bridgehead atoms. The van der Waals surface area contributed by atoms with Gasteiger partial charge in [0.15, 0.2) is 5.96 Å². The Morgan fingerprint density at radius 2 is 1.75 bits per heavy atom. The van der Waals surface area contributed by atoms with E-state index < -0.39 is 0 Å². The molecule has 24 heavy (non-hydrogen) atoms. The highest BCUT2D eigenvalue weighted by molar-refractivity contribution is 14.0. The van der Waals surface area contributed by atoms with Gasteiger partial charge in [0.25, 0.3) is 0 Å². The molecule has 0 saturated carbocycles. The van der Waals surface area contributed by atoms with Gasteiger partial charge in [0.1, 0.15) is 0 Å². The summed E-state index contributed by atoms with van der Waals surface area (Å²) in [5.41, 5.74) is 2.11. The molecular formula is C18H23ClIN3O. The number of aliphatic hydroxyl groups excluding tert-OH is 1. The second-order valence-corrected chi connectivity index (χ2v) is 5.60. The normalized spacial score (nSPS) is 12.2. The molecule has 0 aromatic heterocycles. The first-order chi connectivity index (χ1) is 11.2. The van der Waals surface area contributed by atoms with E-state index in [1.54, 1.807) is 7.05 Å². The quantitative estimate of drug-likeness (QED) is 0.353. The maximum atomic E-state index is 9.59. The zero-order valence-electron chi connectivity index (χ0n) is 13.6. The Morgan fingerprint density at radius 1 is 1.08 bits per heavy atom. The number of nitrogens with zero attached hydrogens (tertiary/aromatic N) is 1. The highest BCUT2D eigenvalue weighted by atomic mass is 127. The van der Waals surface area contributed by atoms with Gasteiger partial charge in [0.05, 0.1) is 6.61 Å². The molecule has 6 heteroatoms. The van der Waals surface area contributed by atoms with Gasteiger partial charge in [-0.2, -0.15) is 0 Å². The van der Waals surface area contributed by atoms with Crippen molar-refractivity contribution in [3.8, 4) is 0 Å². The van der Waals surface area contributed by atoms with E-state index in [9.17, 15) is 5.11 Å². The van der Waals surface area contributed by atoms with E-state index in [1.807, 2.05) is 54.6 Å². The Labute approximate surface area is 165 Å². The van der Waals surface area contributed by atoms with Crippen LogP contribution in [0.1, 0.15) is 17.0 Å². The molecule has 2 aromatic rings. The standard InChI is InChI=1S/C18H22ClN3O.HI/c1-20-18(21-11-15-9-5-6-10-17(15)19)22-12-16(13-23)14-7-3-2-4-8-14;/h2-10,16,23H,11-13H2,1H3,(H2,20,21,22);1H. The smallest absolute Gasteiger partial charge is 0.191 e. The summed E-state index contributed by atoms with van der Waals surface area (Å²) < 4.78 is 0. The maximum absolute atomic E-state index is 9.59. The summed E-state index contributed by atoms with van der Waals surface area (Å²) in [6.45, 7) is 1.27. The molecule has 0 fully saturated rings. The fraction of sp³-hybridized carbons (Fsp3) is 0.278. The minimum absolute atomic E-state index is 0. The van der Waals surface area contributed by atoms with E-state index >= 15 is 0 Å². The molecule has 0 spiro atoms. The van der Waals surface area contributed by atoms with Crippen molar-refractivity contribution in [3.05, 3.63) is 70.7 Å². The summed E-state index contributed by atoms with van der Waals surface area (Å²) >= 11 is 6.15. The minimum Gasteiger partial charge on any atom is -0.396 e. The van der Waals surface area contributed by atoms with E-state index in [-0.39, 0.29) is 36.5 Å². The van der Waals surface area contributed by atoms with Crippen molar-refractivity contribution < 1.29 is 5.11 Å². The van der Waals surface area contributed by atoms with Crippen LogP contribution in [0.2, 0.25) is 5.02 Å². The summed E-state index contributed by atoms with van der Waals surface area (Å²) in [6, 6.07) is 17.7. The molecule has 0 saturated heterocycles. The summed E-state index contributed by atoms with van der Waals surface area (Å²) in [6.07, 6.45) is 0. The Hall–Kier alpha value is -1.31. The van der Waals surface area contributed by atoms with Crippen LogP contribution in [-0.4, -0.2) is 31.3 Å². The predicted molar refractivity (Wildman–Crippen MR) is 111 cm³/mol. The third-order valence-corrected chi connectivity index (χ3v) is 4.00. The third kappa shape index (κ3) is 6.30. The van der Waals surface area contributed by atoms with Crippen LogP contribution in [0, 0.1) is 0 Å². The lowest BCUT2D eigenvalue weighted by Gasteiger charge is -2.18. The van der Waals surface area contributed by atoms with Crippen molar-refractivity contribution in [3.63, 3.8) is 0 Å². The van der Waals surface area contributed by atoms with E-state index in [2.05, 4.69) is 15.6 Å². The highest BCUT2D eigenvalue weighted by Crippen LogP contribution is 2.15. The van der Waals surface area contributed by atoms with Crippen molar-refractivity contribution in [2.75, 3.05) is 20.2 Å². The molecule has 130 valence electrons. The van der Waals surface area contributed by atoms with Gasteiger partial charge in [-0.25, -0.2) is 0 Å². The van der Waals surface area contributed by atoms with E-state index in [1.165, 1.54) is 0 Å². The molecule has 2 rings (SSSR count). The molecule has 3 N–H and O–H groups in total. The summed E-state index contributed by atoms with van der Waals surface area (Å²) in [7, 11) is 1.72. The van der Waals surface area contributed by atoms with Crippen LogP contribution in [0.3, 0.4) is 0 Å². The number of benzene rings is 2. The monoisotopic (exact) mass is 459 g/mol. The van der Waals surface area contributed by atoms with Gasteiger partial charge < -0.3 is 15.7 Å². The van der Waals surface area contributed by atoms with Crippen LogP contribution < -0.4 is 10.6 Å². The van der Waals surface area contributed by atoms with Gasteiger partial charge in [-0.1, -0.05) is 60.1 Å². The van der Waals surface area contributed by atoms with Gasteiger partial charge in [0.2, 0.25) is 0 Å². The Kier molecular flexibility index (Phi) is 9.75. The van der Waals surface area contributed by atoms with Gasteiger partial charge in [-0.15, -0.1) is 24.0 Å². The largest absolute Gasteiger partial charge is 0.396 e. The van der Waals surface area contributed by atoms with Crippen LogP contribution in [0.25, 0.3) is 0 Å². The van der Waals surface area contributed by atoms with Crippen molar-refractivity contribution in [2.24, 2.45) is 4.99 Å². The number of halogens is 2. The number of hydrogen-bond acceptors (Lipinski definition) is 2. The lowest BCUT2D eigenvalue weighted by molar-refractivity contribution is 0.265. The van der Waals surface area contributed by atoms with Crippen LogP contribution in [0.5, 0.6) is 0 Å². The number of nitrogens with one attached hydrogen (secondary N) is 2. The Bertz CT molecular complexity index is 637. The molecule has 1 unspecified atom stereocenters. The van der Waals surface area contributed by atoms with Crippen LogP contribution in [-0.2, 0) is 6.54 Å². The molecule has 0 aliphatic carbocycles. The van der Waals surface area contributed by atoms with Gasteiger partial charge >= 0.3 is 0 Å². The van der Waals surface area contributed by atoms with E-state index in [0.717, 1.165) is 16.1 Å². The second kappa shape index (κ2) is 11.3. The molecule has 0 radical (unpaired) electrons. The molecular weight excluding hydrogens is 437 g/mol. The Morgan fingerprint density at radius 3 is 2.38 bits per heavy atom. The summed E-state index contributed by atoms with van der Waals surface area (Å²) in [5, 5.41) is 16.8. The minimum atomic E-state index is 0. The van der Waals surface area contributed by atoms with Crippen molar-refractivity contribution in [1.29, 1.82) is 0 Å². The summed E-state index contributed by atoms with van der Waals surface area (Å²) in [4.78, 5) is 4.20. The zero-order valence-corrected chi connectivity index (χ0v) is 16.7. The van der Waals surface area contributed by atoms with E-state index in [4.69, 9.17) is 11.6 Å². The average Bonchev–Trinajstić information content (AvgIpc) is 2.60. The van der Waals surface area contributed by atoms with Gasteiger partial charge in [0, 0.05) is 31.1 Å². The molecule has 0 aliphatic rings. The first kappa shape index (κ1) is 20.7. The lowest BCUT2D eigenvalue weighted by atomic mass is 10.0. The zero-order chi connectivity index (χ0) is 16.5. The lowest BCUT2D eigenvalue weighted by Crippen LogP contribution is -2.39. The SMILES string of the molecule is CN=C(NCc1ccccc1Cl)NCC(CO)c1ccccc1.I. The van der Waals surface area contributed by atoms with Gasteiger partial charge in [-0.05, 0) is 17.2 Å². The summed E-state index contributed by atoms with van der Waals surface area (Å²) in [5.74, 6) is 0.703. The van der Waals surface area contributed by atoms with Gasteiger partial charge in [-0.3, -0.25) is 4.99 Å². The maximum Gasteiger partial charge on any atom is 0.191 e. The first-order valence-corrected chi connectivity index (χ1v) is 7.96. The molecule has 0 heterocycles. The Balaban J connectivity index is 0.00000288. The number of rotatable bonds is 6. The highest BCUT2D eigenvalue weighted by Gasteiger charge is 2.11. The van der Waals surface area contributed by atoms with Crippen molar-refractivity contribution >= 4 is 41.5 Å². The first-order valence-electron chi connectivity index (χ1n) is 7.58. The number of hydrogen-bond donors (Lipinski definition) is 3. The fourth-order valence-corrected chi connectivity index (χ4v) is 2.48. The predicted octanol–water partition coefficient (Wildman–Crippen LogP) is 3.40.